The molecule has 1 unspecified atom stereocenters. The summed E-state index contributed by atoms with van der Waals surface area (Å²) in [5.41, 5.74) is 1.24. The summed E-state index contributed by atoms with van der Waals surface area (Å²) in [5.74, 6) is 3.03. The van der Waals surface area contributed by atoms with Gasteiger partial charge in [0, 0.05) is 30.1 Å². The molecule has 1 N–H and O–H groups in total. The summed E-state index contributed by atoms with van der Waals surface area (Å²) in [5, 5.41) is 0.817. The SMILES string of the molecule is CC1CCCN(C(=O)CCSCc2nc3sc4c(c3c(=O)[nH]2)CCCC4)C1. The topological polar surface area (TPSA) is 66.1 Å². The number of rotatable bonds is 5. The molecular weight excluding hydrogens is 378 g/mol. The van der Waals surface area contributed by atoms with Gasteiger partial charge in [-0.1, -0.05) is 6.92 Å². The third-order valence-corrected chi connectivity index (χ3v) is 7.74. The number of carbonyl (C=O) groups is 1. The second-order valence-corrected chi connectivity index (χ2v) is 9.98. The highest BCUT2D eigenvalue weighted by molar-refractivity contribution is 7.98. The number of nitrogens with zero attached hydrogens (tertiary/aromatic N) is 2. The van der Waals surface area contributed by atoms with Crippen LogP contribution in [0.1, 0.15) is 55.3 Å². The summed E-state index contributed by atoms with van der Waals surface area (Å²) in [6.45, 7) is 4.02. The number of aromatic nitrogens is 2. The fourth-order valence-corrected chi connectivity index (χ4v) is 6.25. The quantitative estimate of drug-likeness (QED) is 0.770. The predicted molar refractivity (Wildman–Crippen MR) is 113 cm³/mol. The number of piperidine rings is 1. The molecule has 3 heterocycles. The molecule has 1 aliphatic carbocycles. The molecule has 0 bridgehead atoms. The van der Waals surface area contributed by atoms with E-state index in [-0.39, 0.29) is 11.5 Å². The number of H-pyrrole nitrogens is 1. The number of nitrogens with one attached hydrogen (secondary N) is 1. The van der Waals surface area contributed by atoms with E-state index in [1.807, 2.05) is 4.90 Å². The first-order valence-corrected chi connectivity index (χ1v) is 12.0. The second-order valence-electron chi connectivity index (χ2n) is 7.79. The Hall–Kier alpha value is -1.34. The Balaban J connectivity index is 1.34. The maximum absolute atomic E-state index is 12.6. The van der Waals surface area contributed by atoms with Crippen molar-refractivity contribution in [3.63, 3.8) is 0 Å². The summed E-state index contributed by atoms with van der Waals surface area (Å²) in [7, 11) is 0. The fraction of sp³-hybridized carbons (Fsp3) is 0.650. The molecule has 2 aromatic heterocycles. The fourth-order valence-electron chi connectivity index (χ4n) is 4.18. The normalized spacial score (nSPS) is 20.0. The van der Waals surface area contributed by atoms with Crippen LogP contribution in [0.5, 0.6) is 0 Å². The van der Waals surface area contributed by atoms with Crippen LogP contribution in [0.2, 0.25) is 0 Å². The Morgan fingerprint density at radius 2 is 2.19 bits per heavy atom. The van der Waals surface area contributed by atoms with E-state index in [1.165, 1.54) is 29.7 Å². The highest BCUT2D eigenvalue weighted by atomic mass is 32.2. The van der Waals surface area contributed by atoms with Gasteiger partial charge in [0.1, 0.15) is 10.7 Å². The first-order valence-electron chi connectivity index (χ1n) is 10.0. The van der Waals surface area contributed by atoms with Gasteiger partial charge in [0.2, 0.25) is 5.91 Å². The number of likely N-dealkylation sites (tertiary alicyclic amines) is 1. The van der Waals surface area contributed by atoms with Crippen molar-refractivity contribution < 1.29 is 4.79 Å². The Bertz CT molecular complexity index is 889. The third-order valence-electron chi connectivity index (χ3n) is 5.58. The second kappa shape index (κ2) is 8.35. The number of thiophene rings is 1. The van der Waals surface area contributed by atoms with Crippen molar-refractivity contribution >= 4 is 39.2 Å². The van der Waals surface area contributed by atoms with Crippen LogP contribution in [-0.2, 0) is 23.4 Å². The van der Waals surface area contributed by atoms with E-state index in [0.717, 1.165) is 54.1 Å². The molecule has 0 radical (unpaired) electrons. The molecule has 27 heavy (non-hydrogen) atoms. The van der Waals surface area contributed by atoms with Gasteiger partial charge in [0.15, 0.2) is 0 Å². The number of aryl methyl sites for hydroxylation is 2. The summed E-state index contributed by atoms with van der Waals surface area (Å²) < 4.78 is 0. The lowest BCUT2D eigenvalue weighted by atomic mass is 9.97. The van der Waals surface area contributed by atoms with E-state index in [1.54, 1.807) is 23.1 Å². The molecular formula is C20H27N3O2S2. The molecule has 1 saturated heterocycles. The van der Waals surface area contributed by atoms with Crippen molar-refractivity contribution in [1.29, 1.82) is 0 Å². The van der Waals surface area contributed by atoms with Gasteiger partial charge >= 0.3 is 0 Å². The summed E-state index contributed by atoms with van der Waals surface area (Å²) in [6.07, 6.45) is 7.38. The van der Waals surface area contributed by atoms with Crippen LogP contribution < -0.4 is 5.56 Å². The van der Waals surface area contributed by atoms with Crippen LogP contribution in [0.3, 0.4) is 0 Å². The molecule has 5 nitrogen and oxygen atoms in total. The van der Waals surface area contributed by atoms with Gasteiger partial charge in [0.05, 0.1) is 11.1 Å². The van der Waals surface area contributed by atoms with Crippen molar-refractivity contribution in [3.05, 3.63) is 26.6 Å². The Labute approximate surface area is 167 Å². The number of amides is 1. The number of hydrogen-bond donors (Lipinski definition) is 1. The lowest BCUT2D eigenvalue weighted by Crippen LogP contribution is -2.39. The van der Waals surface area contributed by atoms with E-state index in [9.17, 15) is 9.59 Å². The molecule has 1 atom stereocenters. The third kappa shape index (κ3) is 4.24. The first kappa shape index (κ1) is 19.0. The number of carbonyl (C=O) groups excluding carboxylic acids is 1. The molecule has 7 heteroatoms. The molecule has 1 aliphatic heterocycles. The van der Waals surface area contributed by atoms with Gasteiger partial charge in [-0.2, -0.15) is 11.8 Å². The van der Waals surface area contributed by atoms with Crippen LogP contribution in [0.25, 0.3) is 10.2 Å². The van der Waals surface area contributed by atoms with Gasteiger partial charge in [-0.25, -0.2) is 4.98 Å². The zero-order valence-corrected chi connectivity index (χ0v) is 17.5. The molecule has 0 saturated carbocycles. The van der Waals surface area contributed by atoms with E-state index in [0.29, 0.717) is 18.1 Å². The standard InChI is InChI=1S/C20H27N3O2S2/c1-13-5-4-9-23(11-13)17(24)8-10-26-12-16-21-19(25)18-14-6-2-3-7-15(14)27-20(18)22-16/h13H,2-12H2,1H3,(H,21,22,25). The number of fused-ring (bicyclic) bond motifs is 3. The van der Waals surface area contributed by atoms with Gasteiger partial charge in [-0.3, -0.25) is 9.59 Å². The summed E-state index contributed by atoms with van der Waals surface area (Å²) in [4.78, 5) is 36.8. The van der Waals surface area contributed by atoms with Crippen molar-refractivity contribution in [1.82, 2.24) is 14.9 Å². The van der Waals surface area contributed by atoms with E-state index in [2.05, 4.69) is 11.9 Å². The van der Waals surface area contributed by atoms with Crippen LogP contribution in [0.15, 0.2) is 4.79 Å². The lowest BCUT2D eigenvalue weighted by molar-refractivity contribution is -0.132. The van der Waals surface area contributed by atoms with Gasteiger partial charge in [-0.05, 0) is 50.0 Å². The van der Waals surface area contributed by atoms with Crippen LogP contribution in [-0.4, -0.2) is 39.6 Å². The molecule has 0 spiro atoms. The molecule has 4 rings (SSSR count). The molecule has 0 aromatic carbocycles. The average molecular weight is 406 g/mol. The predicted octanol–water partition coefficient (Wildman–Crippen LogP) is 3.75. The maximum Gasteiger partial charge on any atom is 0.259 e. The van der Waals surface area contributed by atoms with Crippen molar-refractivity contribution in [2.45, 2.75) is 57.6 Å². The Morgan fingerprint density at radius 3 is 3.04 bits per heavy atom. The highest BCUT2D eigenvalue weighted by Gasteiger charge is 2.21. The molecule has 1 amide bonds. The average Bonchev–Trinajstić information content (AvgIpc) is 3.04. The van der Waals surface area contributed by atoms with Crippen molar-refractivity contribution in [2.75, 3.05) is 18.8 Å². The number of hydrogen-bond acceptors (Lipinski definition) is 5. The minimum absolute atomic E-state index is 0.00776. The van der Waals surface area contributed by atoms with Crippen LogP contribution in [0, 0.1) is 5.92 Å². The van der Waals surface area contributed by atoms with Gasteiger partial charge < -0.3 is 9.88 Å². The zero-order valence-electron chi connectivity index (χ0n) is 15.9. The number of thioether (sulfide) groups is 1. The van der Waals surface area contributed by atoms with E-state index < -0.39 is 0 Å². The van der Waals surface area contributed by atoms with Crippen molar-refractivity contribution in [2.24, 2.45) is 5.92 Å². The zero-order chi connectivity index (χ0) is 18.8. The highest BCUT2D eigenvalue weighted by Crippen LogP contribution is 2.33. The van der Waals surface area contributed by atoms with Gasteiger partial charge in [-0.15, -0.1) is 11.3 Å². The van der Waals surface area contributed by atoms with E-state index in [4.69, 9.17) is 4.98 Å². The van der Waals surface area contributed by atoms with Crippen LogP contribution >= 0.6 is 23.1 Å². The minimum Gasteiger partial charge on any atom is -0.342 e. The van der Waals surface area contributed by atoms with E-state index >= 15 is 0 Å². The maximum atomic E-state index is 12.6. The number of aromatic amines is 1. The van der Waals surface area contributed by atoms with Crippen molar-refractivity contribution in [3.8, 4) is 0 Å². The molecule has 2 aliphatic rings. The Morgan fingerprint density at radius 1 is 1.33 bits per heavy atom. The molecule has 2 aromatic rings. The van der Waals surface area contributed by atoms with Crippen LogP contribution in [0.4, 0.5) is 0 Å². The molecule has 146 valence electrons. The summed E-state index contributed by atoms with van der Waals surface area (Å²) >= 11 is 3.37. The minimum atomic E-state index is 0.00776. The largest absolute Gasteiger partial charge is 0.342 e. The molecule has 1 fully saturated rings. The summed E-state index contributed by atoms with van der Waals surface area (Å²) in [6, 6.07) is 0. The Kier molecular flexibility index (Phi) is 5.88. The lowest BCUT2D eigenvalue weighted by Gasteiger charge is -2.31. The van der Waals surface area contributed by atoms with Gasteiger partial charge in [0.25, 0.3) is 5.56 Å². The smallest absolute Gasteiger partial charge is 0.259 e. The first-order chi connectivity index (χ1) is 13.1. The monoisotopic (exact) mass is 405 g/mol.